The SMILES string of the molecule is COc1ccc(Br)cc1[C@@H](C[N+](=O)[O-])Sc1nnc(C)n1-c1ccc(F)cc1. The number of rotatable bonds is 7. The third kappa shape index (κ3) is 4.50. The number of halogens is 2. The van der Waals surface area contributed by atoms with Gasteiger partial charge in [-0.2, -0.15) is 0 Å². The molecule has 0 saturated heterocycles. The van der Waals surface area contributed by atoms with Crippen molar-refractivity contribution in [3.63, 3.8) is 0 Å². The fourth-order valence-corrected chi connectivity index (χ4v) is 4.30. The summed E-state index contributed by atoms with van der Waals surface area (Å²) in [5, 5.41) is 19.5. The molecule has 7 nitrogen and oxygen atoms in total. The Morgan fingerprint density at radius 3 is 2.64 bits per heavy atom. The van der Waals surface area contributed by atoms with Gasteiger partial charge in [-0.05, 0) is 49.4 Å². The van der Waals surface area contributed by atoms with Crippen molar-refractivity contribution in [3.05, 3.63) is 74.3 Å². The number of nitro groups is 1. The molecular formula is C18H16BrFN4O3S. The summed E-state index contributed by atoms with van der Waals surface area (Å²) in [5.41, 5.74) is 1.34. The standard InChI is InChI=1S/C18H16BrFN4O3S/c1-11-21-22-18(24(11)14-6-4-13(20)5-7-14)28-17(10-23(25)26)15-9-12(19)3-8-16(15)27-2/h3-9,17H,10H2,1-2H3/t17-/m1/s1. The van der Waals surface area contributed by atoms with Gasteiger partial charge in [-0.1, -0.05) is 27.7 Å². The number of thioether (sulfide) groups is 1. The predicted octanol–water partition coefficient (Wildman–Crippen LogP) is 4.60. The van der Waals surface area contributed by atoms with Gasteiger partial charge in [-0.3, -0.25) is 14.7 Å². The average molecular weight is 467 g/mol. The van der Waals surface area contributed by atoms with Gasteiger partial charge >= 0.3 is 0 Å². The Morgan fingerprint density at radius 2 is 2.00 bits per heavy atom. The minimum atomic E-state index is -0.565. The van der Waals surface area contributed by atoms with E-state index in [0.717, 1.165) is 4.47 Å². The number of nitrogens with zero attached hydrogens (tertiary/aromatic N) is 4. The molecule has 0 unspecified atom stereocenters. The van der Waals surface area contributed by atoms with Crippen LogP contribution in [0.4, 0.5) is 4.39 Å². The maximum atomic E-state index is 13.3. The fraction of sp³-hybridized carbons (Fsp3) is 0.222. The molecule has 0 bridgehead atoms. The molecule has 0 aliphatic rings. The summed E-state index contributed by atoms with van der Waals surface area (Å²) in [6.45, 7) is 1.44. The molecule has 10 heteroatoms. The maximum Gasteiger partial charge on any atom is 0.220 e. The summed E-state index contributed by atoms with van der Waals surface area (Å²) >= 11 is 4.61. The highest BCUT2D eigenvalue weighted by Gasteiger charge is 2.26. The first kappa shape index (κ1) is 20.3. The number of ether oxygens (including phenoxy) is 1. The monoisotopic (exact) mass is 466 g/mol. The van der Waals surface area contributed by atoms with Gasteiger partial charge in [-0.25, -0.2) is 4.39 Å². The van der Waals surface area contributed by atoms with Crippen molar-refractivity contribution < 1.29 is 14.1 Å². The largest absolute Gasteiger partial charge is 0.496 e. The van der Waals surface area contributed by atoms with Crippen LogP contribution in [0.15, 0.2) is 52.1 Å². The van der Waals surface area contributed by atoms with Crippen LogP contribution in [-0.4, -0.2) is 33.3 Å². The molecule has 1 atom stereocenters. The van der Waals surface area contributed by atoms with Crippen LogP contribution < -0.4 is 4.74 Å². The van der Waals surface area contributed by atoms with Gasteiger partial charge in [0, 0.05) is 20.6 Å². The fourth-order valence-electron chi connectivity index (χ4n) is 2.73. The normalized spacial score (nSPS) is 12.0. The molecule has 3 aromatic rings. The third-order valence-electron chi connectivity index (χ3n) is 3.98. The molecule has 28 heavy (non-hydrogen) atoms. The highest BCUT2D eigenvalue weighted by atomic mass is 79.9. The van der Waals surface area contributed by atoms with E-state index in [1.54, 1.807) is 41.8 Å². The smallest absolute Gasteiger partial charge is 0.220 e. The van der Waals surface area contributed by atoms with Crippen LogP contribution in [0.5, 0.6) is 5.75 Å². The second-order valence-electron chi connectivity index (χ2n) is 5.85. The summed E-state index contributed by atoms with van der Waals surface area (Å²) in [6.07, 6.45) is 0. The van der Waals surface area contributed by atoms with Crippen LogP contribution in [0.3, 0.4) is 0 Å². The van der Waals surface area contributed by atoms with E-state index < -0.39 is 5.25 Å². The van der Waals surface area contributed by atoms with E-state index in [2.05, 4.69) is 26.1 Å². The molecule has 0 aliphatic heterocycles. The summed E-state index contributed by atoms with van der Waals surface area (Å²) in [7, 11) is 1.52. The number of hydrogen-bond donors (Lipinski definition) is 0. The van der Waals surface area contributed by atoms with Gasteiger partial charge in [0.15, 0.2) is 5.16 Å². The van der Waals surface area contributed by atoms with Crippen LogP contribution in [0.1, 0.15) is 16.6 Å². The summed E-state index contributed by atoms with van der Waals surface area (Å²) < 4.78 is 21.2. The average Bonchev–Trinajstić information content (AvgIpc) is 3.02. The molecule has 0 spiro atoms. The molecule has 0 radical (unpaired) electrons. The van der Waals surface area contributed by atoms with E-state index in [0.29, 0.717) is 28.0 Å². The maximum absolute atomic E-state index is 13.3. The Hall–Kier alpha value is -2.46. The van der Waals surface area contributed by atoms with Crippen LogP contribution in [-0.2, 0) is 0 Å². The Labute approximate surface area is 173 Å². The number of benzene rings is 2. The molecule has 0 aliphatic carbocycles. The summed E-state index contributed by atoms with van der Waals surface area (Å²) in [5.74, 6) is 0.788. The number of aryl methyl sites for hydroxylation is 1. The zero-order valence-corrected chi connectivity index (χ0v) is 17.4. The Bertz CT molecular complexity index is 997. The van der Waals surface area contributed by atoms with Crippen molar-refractivity contribution in [1.29, 1.82) is 0 Å². The van der Waals surface area contributed by atoms with Gasteiger partial charge < -0.3 is 4.74 Å². The van der Waals surface area contributed by atoms with Gasteiger partial charge in [0.1, 0.15) is 22.6 Å². The first-order valence-corrected chi connectivity index (χ1v) is 9.86. The van der Waals surface area contributed by atoms with Crippen molar-refractivity contribution in [2.24, 2.45) is 0 Å². The molecule has 1 heterocycles. The van der Waals surface area contributed by atoms with Crippen molar-refractivity contribution in [2.45, 2.75) is 17.3 Å². The lowest BCUT2D eigenvalue weighted by atomic mass is 10.1. The Balaban J connectivity index is 2.03. The Kier molecular flexibility index (Phi) is 6.30. The molecule has 1 aromatic heterocycles. The van der Waals surface area contributed by atoms with Crippen molar-refractivity contribution in [3.8, 4) is 11.4 Å². The second-order valence-corrected chi connectivity index (χ2v) is 7.94. The summed E-state index contributed by atoms with van der Waals surface area (Å²) in [4.78, 5) is 10.9. The zero-order chi connectivity index (χ0) is 20.3. The van der Waals surface area contributed by atoms with E-state index in [1.807, 2.05) is 0 Å². The predicted molar refractivity (Wildman–Crippen MR) is 107 cm³/mol. The quantitative estimate of drug-likeness (QED) is 0.287. The second kappa shape index (κ2) is 8.70. The zero-order valence-electron chi connectivity index (χ0n) is 15.0. The van der Waals surface area contributed by atoms with E-state index >= 15 is 0 Å². The van der Waals surface area contributed by atoms with E-state index in [4.69, 9.17) is 4.74 Å². The van der Waals surface area contributed by atoms with Crippen molar-refractivity contribution in [1.82, 2.24) is 14.8 Å². The molecule has 0 saturated carbocycles. The van der Waals surface area contributed by atoms with Crippen LogP contribution in [0.25, 0.3) is 5.69 Å². The van der Waals surface area contributed by atoms with Gasteiger partial charge in [0.2, 0.25) is 6.54 Å². The lowest BCUT2D eigenvalue weighted by Crippen LogP contribution is -2.12. The number of hydrogen-bond acceptors (Lipinski definition) is 6. The summed E-state index contributed by atoms with van der Waals surface area (Å²) in [6, 6.07) is 11.3. The lowest BCUT2D eigenvalue weighted by Gasteiger charge is -2.17. The van der Waals surface area contributed by atoms with Crippen LogP contribution in [0, 0.1) is 22.9 Å². The molecule has 0 amide bonds. The van der Waals surface area contributed by atoms with E-state index in [-0.39, 0.29) is 17.3 Å². The van der Waals surface area contributed by atoms with Crippen LogP contribution in [0.2, 0.25) is 0 Å². The molecule has 3 rings (SSSR count). The minimum absolute atomic E-state index is 0.327. The Morgan fingerprint density at radius 1 is 1.29 bits per heavy atom. The van der Waals surface area contributed by atoms with Crippen molar-refractivity contribution in [2.75, 3.05) is 13.7 Å². The topological polar surface area (TPSA) is 83.1 Å². The molecule has 0 fully saturated rings. The highest BCUT2D eigenvalue weighted by molar-refractivity contribution is 9.10. The van der Waals surface area contributed by atoms with Gasteiger partial charge in [0.05, 0.1) is 7.11 Å². The lowest BCUT2D eigenvalue weighted by molar-refractivity contribution is -0.479. The molecular weight excluding hydrogens is 451 g/mol. The molecule has 2 aromatic carbocycles. The van der Waals surface area contributed by atoms with Gasteiger partial charge in [0.25, 0.3) is 0 Å². The van der Waals surface area contributed by atoms with Crippen molar-refractivity contribution >= 4 is 27.7 Å². The van der Waals surface area contributed by atoms with E-state index in [9.17, 15) is 14.5 Å². The van der Waals surface area contributed by atoms with E-state index in [1.165, 1.54) is 31.0 Å². The molecule has 146 valence electrons. The first-order chi connectivity index (χ1) is 13.4. The molecule has 0 N–H and O–H groups in total. The number of methoxy groups -OCH3 is 1. The minimum Gasteiger partial charge on any atom is -0.496 e. The van der Waals surface area contributed by atoms with Gasteiger partial charge in [-0.15, -0.1) is 10.2 Å². The highest BCUT2D eigenvalue weighted by Crippen LogP contribution is 2.40. The van der Waals surface area contributed by atoms with Crippen LogP contribution >= 0.6 is 27.7 Å². The third-order valence-corrected chi connectivity index (χ3v) is 5.64. The number of aromatic nitrogens is 3. The first-order valence-electron chi connectivity index (χ1n) is 8.19.